The quantitative estimate of drug-likeness (QED) is 0.352. The molecule has 0 atom stereocenters. The summed E-state index contributed by atoms with van der Waals surface area (Å²) in [6.45, 7) is 0.226. The largest absolute Gasteiger partial charge is 0.340 e. The van der Waals surface area contributed by atoms with Gasteiger partial charge in [-0.05, 0) is 6.42 Å². The maximum absolute atomic E-state index is 11.4. The van der Waals surface area contributed by atoms with Crippen LogP contribution in [0.1, 0.15) is 6.42 Å². The van der Waals surface area contributed by atoms with Crippen LogP contribution in [0.25, 0.3) is 0 Å². The molecule has 0 bridgehead atoms. The normalized spacial score (nSPS) is 9.62. The Morgan fingerprint density at radius 3 is 1.52 bits per heavy atom. The molecule has 0 saturated carbocycles. The smallest absolute Gasteiger partial charge is 0.335 e. The van der Waals surface area contributed by atoms with Gasteiger partial charge in [0.15, 0.2) is 0 Å². The van der Waals surface area contributed by atoms with Crippen molar-refractivity contribution in [1.29, 1.82) is 0 Å². The zero-order valence-electron chi connectivity index (χ0n) is 11.1. The van der Waals surface area contributed by atoms with Crippen LogP contribution in [0, 0.1) is 9.81 Å². The summed E-state index contributed by atoms with van der Waals surface area (Å²) >= 11 is 10.8. The lowest BCUT2D eigenvalue weighted by Crippen LogP contribution is -2.40. The zero-order chi connectivity index (χ0) is 16.1. The second-order valence-corrected chi connectivity index (χ2v) is 4.36. The maximum atomic E-state index is 11.4. The Balaban J connectivity index is 4.17. The zero-order valence-corrected chi connectivity index (χ0v) is 12.6. The number of halogens is 2. The molecule has 10 nitrogen and oxygen atoms in total. The Bertz CT molecular complexity index is 327. The number of amides is 4. The summed E-state index contributed by atoms with van der Waals surface area (Å²) in [5, 5.41) is 11.1. The SMILES string of the molecule is O=NN(CCCN(N=O)C(=O)NCCCl)C(=O)NCCCl. The number of nitrogens with zero attached hydrogens (tertiary/aromatic N) is 4. The minimum atomic E-state index is -0.706. The van der Waals surface area contributed by atoms with Gasteiger partial charge in [0.2, 0.25) is 0 Å². The van der Waals surface area contributed by atoms with Crippen molar-refractivity contribution in [2.24, 2.45) is 10.6 Å². The van der Waals surface area contributed by atoms with E-state index in [2.05, 4.69) is 21.2 Å². The van der Waals surface area contributed by atoms with Crippen LogP contribution in [0.5, 0.6) is 0 Å². The fraction of sp³-hybridized carbons (Fsp3) is 0.778. The molecule has 21 heavy (non-hydrogen) atoms. The number of alkyl halides is 2. The number of urea groups is 2. The van der Waals surface area contributed by atoms with Crippen LogP contribution in [-0.4, -0.2) is 60.0 Å². The lowest BCUT2D eigenvalue weighted by molar-refractivity contribution is 0.187. The van der Waals surface area contributed by atoms with E-state index in [1.54, 1.807) is 0 Å². The average molecular weight is 343 g/mol. The molecule has 0 aliphatic rings. The van der Waals surface area contributed by atoms with E-state index in [9.17, 15) is 19.4 Å². The van der Waals surface area contributed by atoms with Crippen LogP contribution in [0.3, 0.4) is 0 Å². The van der Waals surface area contributed by atoms with Crippen molar-refractivity contribution in [3.05, 3.63) is 9.81 Å². The molecule has 0 aromatic heterocycles. The number of hydrogen-bond acceptors (Lipinski definition) is 6. The Labute approximate surface area is 131 Å². The molecule has 0 spiro atoms. The fourth-order valence-corrected chi connectivity index (χ4v) is 1.41. The molecule has 0 unspecified atom stereocenters. The summed E-state index contributed by atoms with van der Waals surface area (Å²) in [6, 6.07) is -1.41. The van der Waals surface area contributed by atoms with Crippen LogP contribution in [0.4, 0.5) is 9.59 Å². The molecule has 0 rings (SSSR count). The van der Waals surface area contributed by atoms with Crippen molar-refractivity contribution in [3.63, 3.8) is 0 Å². The second kappa shape index (κ2) is 12.1. The molecule has 0 aromatic carbocycles. The minimum Gasteiger partial charge on any atom is -0.335 e. The summed E-state index contributed by atoms with van der Waals surface area (Å²) in [4.78, 5) is 43.9. The third kappa shape index (κ3) is 8.25. The van der Waals surface area contributed by atoms with Gasteiger partial charge in [-0.15, -0.1) is 33.0 Å². The van der Waals surface area contributed by atoms with Gasteiger partial charge < -0.3 is 10.6 Å². The second-order valence-electron chi connectivity index (χ2n) is 3.60. The predicted molar refractivity (Wildman–Crippen MR) is 77.9 cm³/mol. The summed E-state index contributed by atoms with van der Waals surface area (Å²) < 4.78 is 0. The highest BCUT2D eigenvalue weighted by molar-refractivity contribution is 6.18. The molecule has 0 heterocycles. The first kappa shape index (κ1) is 19.3. The predicted octanol–water partition coefficient (Wildman–Crippen LogP) is 1.24. The van der Waals surface area contributed by atoms with E-state index >= 15 is 0 Å². The van der Waals surface area contributed by atoms with Gasteiger partial charge in [-0.2, -0.15) is 10.0 Å². The fourth-order valence-electron chi connectivity index (χ4n) is 1.22. The van der Waals surface area contributed by atoms with E-state index in [1.165, 1.54) is 0 Å². The van der Waals surface area contributed by atoms with Gasteiger partial charge >= 0.3 is 12.1 Å². The number of carbonyl (C=O) groups is 2. The molecule has 2 N–H and O–H groups in total. The first-order valence-electron chi connectivity index (χ1n) is 5.99. The van der Waals surface area contributed by atoms with Crippen LogP contribution in [0.15, 0.2) is 10.6 Å². The number of hydrogen-bond donors (Lipinski definition) is 2. The van der Waals surface area contributed by atoms with E-state index in [0.717, 1.165) is 0 Å². The summed E-state index contributed by atoms with van der Waals surface area (Å²) in [6.07, 6.45) is 0.139. The van der Waals surface area contributed by atoms with Crippen LogP contribution in [0.2, 0.25) is 0 Å². The number of rotatable bonds is 10. The lowest BCUT2D eigenvalue weighted by Gasteiger charge is -2.16. The highest BCUT2D eigenvalue weighted by atomic mass is 35.5. The maximum Gasteiger partial charge on any atom is 0.340 e. The van der Waals surface area contributed by atoms with Crippen LogP contribution in [-0.2, 0) is 0 Å². The highest BCUT2D eigenvalue weighted by Crippen LogP contribution is 1.98. The highest BCUT2D eigenvalue weighted by Gasteiger charge is 2.16. The monoisotopic (exact) mass is 342 g/mol. The third-order valence-electron chi connectivity index (χ3n) is 2.15. The molecule has 4 amide bonds. The van der Waals surface area contributed by atoms with E-state index in [-0.39, 0.29) is 44.4 Å². The molecular formula is C9H16Cl2N6O4. The first-order valence-corrected chi connectivity index (χ1v) is 7.06. The average Bonchev–Trinajstić information content (AvgIpc) is 2.50. The molecule has 0 aliphatic carbocycles. The van der Waals surface area contributed by atoms with Gasteiger partial charge in [-0.3, -0.25) is 0 Å². The van der Waals surface area contributed by atoms with Crippen LogP contribution >= 0.6 is 23.2 Å². The van der Waals surface area contributed by atoms with Crippen LogP contribution < -0.4 is 10.6 Å². The summed E-state index contributed by atoms with van der Waals surface area (Å²) in [7, 11) is 0. The van der Waals surface area contributed by atoms with Crippen molar-refractivity contribution in [2.75, 3.05) is 37.9 Å². The van der Waals surface area contributed by atoms with Gasteiger partial charge in [-0.25, -0.2) is 9.59 Å². The van der Waals surface area contributed by atoms with Crippen molar-refractivity contribution in [3.8, 4) is 0 Å². The molecule has 0 aromatic rings. The van der Waals surface area contributed by atoms with E-state index in [0.29, 0.717) is 10.0 Å². The van der Waals surface area contributed by atoms with Crippen molar-refractivity contribution < 1.29 is 9.59 Å². The molecule has 0 fully saturated rings. The topological polar surface area (TPSA) is 124 Å². The Morgan fingerprint density at radius 1 is 0.857 bits per heavy atom. The summed E-state index contributed by atoms with van der Waals surface area (Å²) in [5.41, 5.74) is 0. The minimum absolute atomic E-state index is 0.0770. The van der Waals surface area contributed by atoms with E-state index < -0.39 is 12.1 Å². The molecule has 12 heteroatoms. The standard InChI is InChI=1S/C9H16Cl2N6O4/c10-2-4-12-8(18)16(14-20)6-1-7-17(15-21)9(19)13-5-3-11/h1-7H2,(H,12,18)(H,13,19). The molecule has 0 aliphatic heterocycles. The van der Waals surface area contributed by atoms with Gasteiger partial charge in [-0.1, -0.05) is 0 Å². The van der Waals surface area contributed by atoms with Crippen molar-refractivity contribution in [1.82, 2.24) is 20.7 Å². The Hall–Kier alpha value is -1.68. The van der Waals surface area contributed by atoms with E-state index in [1.807, 2.05) is 0 Å². The van der Waals surface area contributed by atoms with Crippen molar-refractivity contribution >= 4 is 35.3 Å². The molecular weight excluding hydrogens is 327 g/mol. The third-order valence-corrected chi connectivity index (χ3v) is 2.53. The summed E-state index contributed by atoms with van der Waals surface area (Å²) in [5.74, 6) is 0.393. The lowest BCUT2D eigenvalue weighted by atomic mass is 10.4. The Morgan fingerprint density at radius 2 is 1.24 bits per heavy atom. The molecule has 0 saturated heterocycles. The van der Waals surface area contributed by atoms with Gasteiger partial charge in [0, 0.05) is 24.8 Å². The molecule has 0 radical (unpaired) electrons. The number of carbonyl (C=O) groups excluding carboxylic acids is 2. The molecule has 120 valence electrons. The van der Waals surface area contributed by atoms with Gasteiger partial charge in [0.1, 0.15) is 0 Å². The van der Waals surface area contributed by atoms with Gasteiger partial charge in [0.25, 0.3) is 0 Å². The van der Waals surface area contributed by atoms with Gasteiger partial charge in [0.05, 0.1) is 23.7 Å². The Kier molecular flexibility index (Phi) is 11.1. The number of nitroso groups, excluding NO2 is 2. The van der Waals surface area contributed by atoms with E-state index in [4.69, 9.17) is 23.2 Å². The number of nitrogens with one attached hydrogen (secondary N) is 2. The first-order chi connectivity index (χ1) is 10.1. The van der Waals surface area contributed by atoms with Crippen molar-refractivity contribution in [2.45, 2.75) is 6.42 Å².